The number of urea groups is 1. The summed E-state index contributed by atoms with van der Waals surface area (Å²) < 4.78 is 0. The molecule has 0 fully saturated rings. The smallest absolute Gasteiger partial charge is 0.318 e. The highest BCUT2D eigenvalue weighted by molar-refractivity contribution is 7.99. The van der Waals surface area contributed by atoms with E-state index in [2.05, 4.69) is 20.9 Å². The monoisotopic (exact) mass is 330 g/mol. The zero-order chi connectivity index (χ0) is 16.5. The lowest BCUT2D eigenvalue weighted by atomic mass is 10.3. The van der Waals surface area contributed by atoms with E-state index in [1.807, 2.05) is 12.1 Å². The minimum Gasteiger partial charge on any atom is -0.341 e. The molecule has 0 aliphatic carbocycles. The van der Waals surface area contributed by atoms with Crippen LogP contribution < -0.4 is 16.0 Å². The number of carbonyl (C=O) groups excluding carboxylic acids is 2. The Kier molecular flexibility index (Phi) is 6.43. The fourth-order valence-corrected chi connectivity index (χ4v) is 2.56. The van der Waals surface area contributed by atoms with Crippen LogP contribution in [-0.2, 0) is 10.5 Å². The van der Waals surface area contributed by atoms with E-state index in [9.17, 15) is 9.59 Å². The number of thioether (sulfide) groups is 1. The average Bonchev–Trinajstić information content (AvgIpc) is 2.57. The third kappa shape index (κ3) is 5.99. The van der Waals surface area contributed by atoms with Gasteiger partial charge < -0.3 is 16.0 Å². The van der Waals surface area contributed by atoms with Crippen LogP contribution in [0.5, 0.6) is 0 Å². The minimum absolute atomic E-state index is 0.0592. The Hall–Kier alpha value is -2.54. The molecule has 0 spiro atoms. The standard InChI is InChI=1S/C16H18N4O2S/c1-17-16(22)20-14-4-2-13(3-5-14)19-15(21)11-23-10-12-6-8-18-9-7-12/h2-9H,10-11H2,1H3,(H,19,21)(H2,17,20,22). The Bertz CT molecular complexity index is 647. The molecule has 1 aromatic carbocycles. The first-order valence-corrected chi connectivity index (χ1v) is 8.18. The first-order valence-electron chi connectivity index (χ1n) is 7.02. The molecule has 0 unspecified atom stereocenters. The van der Waals surface area contributed by atoms with Gasteiger partial charge in [-0.25, -0.2) is 4.79 Å². The summed E-state index contributed by atoms with van der Waals surface area (Å²) in [5.74, 6) is 1.09. The van der Waals surface area contributed by atoms with E-state index in [4.69, 9.17) is 0 Å². The van der Waals surface area contributed by atoms with E-state index in [1.54, 1.807) is 55.5 Å². The zero-order valence-electron chi connectivity index (χ0n) is 12.7. The molecule has 0 aliphatic heterocycles. The van der Waals surface area contributed by atoms with Gasteiger partial charge in [-0.2, -0.15) is 0 Å². The predicted molar refractivity (Wildman–Crippen MR) is 93.5 cm³/mol. The molecule has 3 amide bonds. The molecule has 0 atom stereocenters. The minimum atomic E-state index is -0.283. The first-order chi connectivity index (χ1) is 11.2. The number of hydrogen-bond acceptors (Lipinski definition) is 4. The quantitative estimate of drug-likeness (QED) is 0.760. The molecule has 23 heavy (non-hydrogen) atoms. The summed E-state index contributed by atoms with van der Waals surface area (Å²) in [5, 5.41) is 7.95. The Morgan fingerprint density at radius 1 is 1.00 bits per heavy atom. The van der Waals surface area contributed by atoms with E-state index < -0.39 is 0 Å². The SMILES string of the molecule is CNC(=O)Nc1ccc(NC(=O)CSCc2ccncc2)cc1. The van der Waals surface area contributed by atoms with Gasteiger partial charge in [0.15, 0.2) is 0 Å². The number of anilines is 2. The van der Waals surface area contributed by atoms with Crippen LogP contribution in [0.2, 0.25) is 0 Å². The topological polar surface area (TPSA) is 83.1 Å². The van der Waals surface area contributed by atoms with Gasteiger partial charge >= 0.3 is 6.03 Å². The second kappa shape index (κ2) is 8.79. The van der Waals surface area contributed by atoms with Crippen LogP contribution in [0.15, 0.2) is 48.8 Å². The number of aromatic nitrogens is 1. The van der Waals surface area contributed by atoms with Crippen molar-refractivity contribution in [2.45, 2.75) is 5.75 Å². The van der Waals surface area contributed by atoms with Crippen LogP contribution in [0.4, 0.5) is 16.2 Å². The van der Waals surface area contributed by atoms with Crippen molar-refractivity contribution >= 4 is 35.1 Å². The maximum Gasteiger partial charge on any atom is 0.318 e. The van der Waals surface area contributed by atoms with Crippen molar-refractivity contribution in [3.05, 3.63) is 54.4 Å². The van der Waals surface area contributed by atoms with Crippen LogP contribution in [0, 0.1) is 0 Å². The molecule has 1 aromatic heterocycles. The van der Waals surface area contributed by atoms with Gasteiger partial charge in [0.05, 0.1) is 5.75 Å². The van der Waals surface area contributed by atoms with Crippen molar-refractivity contribution < 1.29 is 9.59 Å². The molecule has 6 nitrogen and oxygen atoms in total. The number of nitrogens with zero attached hydrogens (tertiary/aromatic N) is 1. The van der Waals surface area contributed by atoms with E-state index in [1.165, 1.54) is 0 Å². The summed E-state index contributed by atoms with van der Waals surface area (Å²) in [6.07, 6.45) is 3.48. The summed E-state index contributed by atoms with van der Waals surface area (Å²) in [4.78, 5) is 27.0. The molecule has 3 N–H and O–H groups in total. The number of pyridine rings is 1. The lowest BCUT2D eigenvalue weighted by Gasteiger charge is -2.07. The summed E-state index contributed by atoms with van der Waals surface area (Å²) in [6, 6.07) is 10.5. The second-order valence-electron chi connectivity index (χ2n) is 4.68. The molecule has 0 bridgehead atoms. The molecule has 2 aromatic rings. The number of benzene rings is 1. The zero-order valence-corrected chi connectivity index (χ0v) is 13.5. The average molecular weight is 330 g/mol. The Morgan fingerprint density at radius 2 is 1.61 bits per heavy atom. The summed E-state index contributed by atoms with van der Waals surface area (Å²) in [7, 11) is 1.55. The molecule has 0 radical (unpaired) electrons. The van der Waals surface area contributed by atoms with Gasteiger partial charge in [-0.05, 0) is 42.0 Å². The Labute approximate surface area is 139 Å². The molecular weight excluding hydrogens is 312 g/mol. The third-order valence-electron chi connectivity index (χ3n) is 2.90. The molecule has 2 rings (SSSR count). The number of rotatable bonds is 6. The molecule has 120 valence electrons. The molecule has 7 heteroatoms. The highest BCUT2D eigenvalue weighted by Gasteiger charge is 2.04. The maximum absolute atomic E-state index is 11.9. The highest BCUT2D eigenvalue weighted by Crippen LogP contribution is 2.15. The van der Waals surface area contributed by atoms with Crippen molar-refractivity contribution in [2.75, 3.05) is 23.4 Å². The van der Waals surface area contributed by atoms with E-state index in [0.717, 1.165) is 11.3 Å². The van der Waals surface area contributed by atoms with Crippen molar-refractivity contribution in [1.29, 1.82) is 0 Å². The van der Waals surface area contributed by atoms with Crippen LogP contribution >= 0.6 is 11.8 Å². The largest absolute Gasteiger partial charge is 0.341 e. The predicted octanol–water partition coefficient (Wildman–Crippen LogP) is 2.70. The number of amides is 3. The highest BCUT2D eigenvalue weighted by atomic mass is 32.2. The van der Waals surface area contributed by atoms with Gasteiger partial charge in [0.2, 0.25) is 5.91 Å². The second-order valence-corrected chi connectivity index (χ2v) is 5.66. The van der Waals surface area contributed by atoms with Gasteiger partial charge in [-0.15, -0.1) is 11.8 Å². The van der Waals surface area contributed by atoms with Crippen LogP contribution in [-0.4, -0.2) is 29.7 Å². The number of carbonyl (C=O) groups is 2. The van der Waals surface area contributed by atoms with Crippen molar-refractivity contribution in [2.24, 2.45) is 0 Å². The molecule has 0 aliphatic rings. The van der Waals surface area contributed by atoms with Crippen molar-refractivity contribution in [3.63, 3.8) is 0 Å². The fourth-order valence-electron chi connectivity index (χ4n) is 1.77. The fraction of sp³-hybridized carbons (Fsp3) is 0.188. The number of hydrogen-bond donors (Lipinski definition) is 3. The number of nitrogens with one attached hydrogen (secondary N) is 3. The van der Waals surface area contributed by atoms with Gasteiger partial charge in [0, 0.05) is 36.6 Å². The van der Waals surface area contributed by atoms with E-state index in [-0.39, 0.29) is 11.9 Å². The van der Waals surface area contributed by atoms with Crippen LogP contribution in [0.25, 0.3) is 0 Å². The molecule has 0 saturated heterocycles. The molecule has 1 heterocycles. The summed E-state index contributed by atoms with van der Waals surface area (Å²) in [5.41, 5.74) is 2.50. The van der Waals surface area contributed by atoms with Gasteiger partial charge in [0.1, 0.15) is 0 Å². The maximum atomic E-state index is 11.9. The van der Waals surface area contributed by atoms with Gasteiger partial charge in [-0.1, -0.05) is 0 Å². The first kappa shape index (κ1) is 16.8. The van der Waals surface area contributed by atoms with Gasteiger partial charge in [0.25, 0.3) is 0 Å². The molecule has 0 saturated carbocycles. The summed E-state index contributed by atoms with van der Waals surface area (Å²) >= 11 is 1.54. The van der Waals surface area contributed by atoms with Crippen molar-refractivity contribution in [3.8, 4) is 0 Å². The third-order valence-corrected chi connectivity index (χ3v) is 3.91. The molecular formula is C16H18N4O2S. The van der Waals surface area contributed by atoms with Gasteiger partial charge in [-0.3, -0.25) is 9.78 Å². The van der Waals surface area contributed by atoms with Crippen molar-refractivity contribution in [1.82, 2.24) is 10.3 Å². The van der Waals surface area contributed by atoms with Crippen LogP contribution in [0.1, 0.15) is 5.56 Å². The summed E-state index contributed by atoms with van der Waals surface area (Å²) in [6.45, 7) is 0. The normalized spacial score (nSPS) is 9.96. The van der Waals surface area contributed by atoms with Crippen LogP contribution in [0.3, 0.4) is 0 Å². The Morgan fingerprint density at radius 3 is 2.22 bits per heavy atom. The lowest BCUT2D eigenvalue weighted by Crippen LogP contribution is -2.24. The Balaban J connectivity index is 1.75. The van der Waals surface area contributed by atoms with E-state index >= 15 is 0 Å². The van der Waals surface area contributed by atoms with E-state index in [0.29, 0.717) is 17.1 Å². The lowest BCUT2D eigenvalue weighted by molar-refractivity contribution is -0.113.